The summed E-state index contributed by atoms with van der Waals surface area (Å²) >= 11 is 0. The van der Waals surface area contributed by atoms with Crippen molar-refractivity contribution in [1.82, 2.24) is 0 Å². The van der Waals surface area contributed by atoms with E-state index in [0.29, 0.717) is 16.2 Å². The van der Waals surface area contributed by atoms with Crippen molar-refractivity contribution in [2.24, 2.45) is 0 Å². The van der Waals surface area contributed by atoms with Crippen LogP contribution >= 0.6 is 0 Å². The lowest BCUT2D eigenvalue weighted by molar-refractivity contribution is 0.341. The summed E-state index contributed by atoms with van der Waals surface area (Å²) in [6, 6.07) is 16.8. The minimum Gasteiger partial charge on any atom is -0.493 e. The van der Waals surface area contributed by atoms with E-state index in [-0.39, 0.29) is 12.4 Å². The summed E-state index contributed by atoms with van der Waals surface area (Å²) in [5.74, 6) is 0.462. The monoisotopic (exact) mass is 287 g/mol. The van der Waals surface area contributed by atoms with Gasteiger partial charge in [-0.2, -0.15) is 5.26 Å². The summed E-state index contributed by atoms with van der Waals surface area (Å²) in [6.45, 7) is 0.0725. The fourth-order valence-electron chi connectivity index (χ4n) is 1.64. The van der Waals surface area contributed by atoms with E-state index in [4.69, 9.17) is 10.00 Å². The highest BCUT2D eigenvalue weighted by Gasteiger charge is 2.13. The van der Waals surface area contributed by atoms with Crippen LogP contribution in [0.25, 0.3) is 0 Å². The molecule has 0 unspecified atom stereocenters. The summed E-state index contributed by atoms with van der Waals surface area (Å²) < 4.78 is 29.4. The van der Waals surface area contributed by atoms with Crippen LogP contribution in [-0.4, -0.2) is 20.8 Å². The zero-order valence-electron chi connectivity index (χ0n) is 10.7. The van der Waals surface area contributed by atoms with Gasteiger partial charge in [-0.25, -0.2) is 8.42 Å². The second-order valence-corrected chi connectivity index (χ2v) is 6.23. The van der Waals surface area contributed by atoms with Gasteiger partial charge >= 0.3 is 0 Å². The van der Waals surface area contributed by atoms with E-state index < -0.39 is 9.84 Å². The maximum absolute atomic E-state index is 12.0. The maximum atomic E-state index is 12.0. The number of sulfone groups is 1. The van der Waals surface area contributed by atoms with E-state index in [1.54, 1.807) is 54.6 Å². The number of benzene rings is 2. The van der Waals surface area contributed by atoms with Gasteiger partial charge in [-0.15, -0.1) is 0 Å². The molecule has 0 N–H and O–H groups in total. The molecule has 0 aromatic heterocycles. The maximum Gasteiger partial charge on any atom is 0.181 e. The Labute approximate surface area is 118 Å². The van der Waals surface area contributed by atoms with E-state index in [2.05, 4.69) is 0 Å². The first kappa shape index (κ1) is 14.1. The quantitative estimate of drug-likeness (QED) is 0.847. The molecule has 0 spiro atoms. The molecule has 2 aromatic rings. The summed E-state index contributed by atoms with van der Waals surface area (Å²) in [7, 11) is -3.32. The third kappa shape index (κ3) is 3.59. The highest BCUT2D eigenvalue weighted by molar-refractivity contribution is 7.91. The summed E-state index contributed by atoms with van der Waals surface area (Å²) in [5, 5.41) is 8.67. The van der Waals surface area contributed by atoms with Crippen molar-refractivity contribution < 1.29 is 13.2 Å². The van der Waals surface area contributed by atoms with Gasteiger partial charge in [0.25, 0.3) is 0 Å². The Morgan fingerprint density at radius 2 is 1.65 bits per heavy atom. The first-order valence-electron chi connectivity index (χ1n) is 6.02. The van der Waals surface area contributed by atoms with Crippen LogP contribution in [0, 0.1) is 11.3 Å². The molecule has 102 valence electrons. The molecule has 0 saturated heterocycles. The average Bonchev–Trinajstić information content (AvgIpc) is 2.49. The van der Waals surface area contributed by atoms with Crippen molar-refractivity contribution in [3.8, 4) is 11.8 Å². The highest BCUT2D eigenvalue weighted by Crippen LogP contribution is 2.13. The molecule has 4 nitrogen and oxygen atoms in total. The van der Waals surface area contributed by atoms with Gasteiger partial charge in [0, 0.05) is 0 Å². The molecule has 5 heteroatoms. The molecule has 0 atom stereocenters. The summed E-state index contributed by atoms with van der Waals surface area (Å²) in [4.78, 5) is 0.295. The zero-order valence-corrected chi connectivity index (χ0v) is 11.5. The van der Waals surface area contributed by atoms with Crippen LogP contribution in [0.4, 0.5) is 0 Å². The van der Waals surface area contributed by atoms with Crippen molar-refractivity contribution in [3.05, 3.63) is 60.2 Å². The number of ether oxygens (including phenoxy) is 1. The molecule has 0 bridgehead atoms. The molecule has 0 aliphatic rings. The third-order valence-electron chi connectivity index (χ3n) is 2.71. The molecular formula is C15H13NO3S. The van der Waals surface area contributed by atoms with Gasteiger partial charge in [0.05, 0.1) is 22.3 Å². The number of rotatable bonds is 5. The minimum absolute atomic E-state index is 0.0725. The van der Waals surface area contributed by atoms with E-state index in [1.807, 2.05) is 6.07 Å². The Hall–Kier alpha value is -2.32. The van der Waals surface area contributed by atoms with Gasteiger partial charge in [-0.05, 0) is 36.4 Å². The first-order chi connectivity index (χ1) is 9.62. The van der Waals surface area contributed by atoms with Crippen molar-refractivity contribution in [1.29, 1.82) is 5.26 Å². The summed E-state index contributed by atoms with van der Waals surface area (Å²) in [5.41, 5.74) is 0.536. The van der Waals surface area contributed by atoms with Crippen LogP contribution in [0.15, 0.2) is 59.5 Å². The molecule has 2 rings (SSSR count). The molecule has 0 radical (unpaired) electrons. The molecular weight excluding hydrogens is 274 g/mol. The Bertz CT molecular complexity index is 701. The van der Waals surface area contributed by atoms with E-state index in [1.165, 1.54) is 0 Å². The normalized spacial score (nSPS) is 10.8. The molecule has 0 fully saturated rings. The van der Waals surface area contributed by atoms with Crippen molar-refractivity contribution >= 4 is 9.84 Å². The number of hydrogen-bond acceptors (Lipinski definition) is 4. The Morgan fingerprint density at radius 3 is 2.25 bits per heavy atom. The van der Waals surface area contributed by atoms with Gasteiger partial charge in [0.1, 0.15) is 12.4 Å². The predicted octanol–water partition coefficient (Wildman–Crippen LogP) is 2.41. The molecule has 2 aromatic carbocycles. The van der Waals surface area contributed by atoms with Crippen molar-refractivity contribution in [2.75, 3.05) is 12.4 Å². The van der Waals surface area contributed by atoms with Gasteiger partial charge in [0.15, 0.2) is 9.84 Å². The Morgan fingerprint density at radius 1 is 1.00 bits per heavy atom. The SMILES string of the molecule is N#Cc1ccc(OCCS(=O)(=O)c2ccccc2)cc1. The third-order valence-corrected chi connectivity index (χ3v) is 4.40. The van der Waals surface area contributed by atoms with E-state index >= 15 is 0 Å². The molecule has 0 aliphatic carbocycles. The standard InChI is InChI=1S/C15H13NO3S/c16-12-13-6-8-14(9-7-13)19-10-11-20(17,18)15-4-2-1-3-5-15/h1-9H,10-11H2. The fraction of sp³-hybridized carbons (Fsp3) is 0.133. The molecule has 0 heterocycles. The van der Waals surface area contributed by atoms with Gasteiger partial charge in [-0.1, -0.05) is 18.2 Å². The Kier molecular flexibility index (Phi) is 4.38. The van der Waals surface area contributed by atoms with Crippen molar-refractivity contribution in [3.63, 3.8) is 0 Å². The van der Waals surface area contributed by atoms with Crippen LogP contribution in [0.3, 0.4) is 0 Å². The fourth-order valence-corrected chi connectivity index (χ4v) is 2.75. The number of hydrogen-bond donors (Lipinski definition) is 0. The Balaban J connectivity index is 1.94. The van der Waals surface area contributed by atoms with Crippen LogP contribution in [0.5, 0.6) is 5.75 Å². The van der Waals surface area contributed by atoms with Gasteiger partial charge < -0.3 is 4.74 Å². The van der Waals surface area contributed by atoms with Gasteiger partial charge in [-0.3, -0.25) is 0 Å². The van der Waals surface area contributed by atoms with Crippen LogP contribution in [-0.2, 0) is 9.84 Å². The van der Waals surface area contributed by atoms with Crippen molar-refractivity contribution in [2.45, 2.75) is 4.90 Å². The smallest absolute Gasteiger partial charge is 0.181 e. The lowest BCUT2D eigenvalue weighted by Gasteiger charge is -2.07. The number of nitrogens with zero attached hydrogens (tertiary/aromatic N) is 1. The predicted molar refractivity (Wildman–Crippen MR) is 75.1 cm³/mol. The van der Waals surface area contributed by atoms with Crippen LogP contribution < -0.4 is 4.74 Å². The lowest BCUT2D eigenvalue weighted by atomic mass is 10.2. The second kappa shape index (κ2) is 6.22. The van der Waals surface area contributed by atoms with Crippen LogP contribution in [0.1, 0.15) is 5.56 Å². The molecule has 0 saturated carbocycles. The minimum atomic E-state index is -3.32. The van der Waals surface area contributed by atoms with Crippen LogP contribution in [0.2, 0.25) is 0 Å². The second-order valence-electron chi connectivity index (χ2n) is 4.12. The largest absolute Gasteiger partial charge is 0.493 e. The topological polar surface area (TPSA) is 67.2 Å². The average molecular weight is 287 g/mol. The zero-order chi connectivity index (χ0) is 14.4. The summed E-state index contributed by atoms with van der Waals surface area (Å²) in [6.07, 6.45) is 0. The molecule has 20 heavy (non-hydrogen) atoms. The van der Waals surface area contributed by atoms with E-state index in [9.17, 15) is 8.42 Å². The molecule has 0 aliphatic heterocycles. The highest BCUT2D eigenvalue weighted by atomic mass is 32.2. The van der Waals surface area contributed by atoms with E-state index in [0.717, 1.165) is 0 Å². The van der Waals surface area contributed by atoms with Gasteiger partial charge in [0.2, 0.25) is 0 Å². The molecule has 0 amide bonds. The first-order valence-corrected chi connectivity index (χ1v) is 7.68. The lowest BCUT2D eigenvalue weighted by Crippen LogP contribution is -2.14. The number of nitriles is 1.